The van der Waals surface area contributed by atoms with E-state index in [0.29, 0.717) is 23.3 Å². The fourth-order valence-electron chi connectivity index (χ4n) is 6.22. The number of sulfonamides is 1. The number of rotatable bonds is 4. The summed E-state index contributed by atoms with van der Waals surface area (Å²) in [5, 5.41) is 0. The molecule has 0 aromatic heterocycles. The lowest BCUT2D eigenvalue weighted by Crippen LogP contribution is -2.54. The lowest BCUT2D eigenvalue weighted by molar-refractivity contribution is -0.108. The molecule has 2 unspecified atom stereocenters. The first-order valence-electron chi connectivity index (χ1n) is 8.50. The van der Waals surface area contributed by atoms with Crippen LogP contribution in [0.5, 0.6) is 0 Å². The Kier molecular flexibility index (Phi) is 3.73. The highest BCUT2D eigenvalue weighted by molar-refractivity contribution is 7.88. The predicted octanol–water partition coefficient (Wildman–Crippen LogP) is 3.41. The van der Waals surface area contributed by atoms with Crippen molar-refractivity contribution in [1.82, 2.24) is 4.72 Å². The Hall–Kier alpha value is -0.0900. The van der Waals surface area contributed by atoms with Gasteiger partial charge in [0.1, 0.15) is 0 Å². The summed E-state index contributed by atoms with van der Waals surface area (Å²) >= 11 is 0. The third kappa shape index (κ3) is 3.47. The van der Waals surface area contributed by atoms with Crippen molar-refractivity contribution in [2.75, 3.05) is 12.8 Å². The first-order valence-corrected chi connectivity index (χ1v) is 10.4. The highest BCUT2D eigenvalue weighted by atomic mass is 32.2. The third-order valence-electron chi connectivity index (χ3n) is 6.08. The second-order valence-electron chi connectivity index (χ2n) is 9.49. The molecule has 4 aliphatic rings. The molecule has 3 nitrogen and oxygen atoms in total. The van der Waals surface area contributed by atoms with E-state index < -0.39 is 10.0 Å². The zero-order valence-corrected chi connectivity index (χ0v) is 14.8. The maximum absolute atomic E-state index is 11.4. The molecule has 0 amide bonds. The summed E-state index contributed by atoms with van der Waals surface area (Å²) in [4.78, 5) is 0. The van der Waals surface area contributed by atoms with Gasteiger partial charge in [-0.05, 0) is 73.0 Å². The van der Waals surface area contributed by atoms with Crippen LogP contribution in [0, 0.1) is 34.5 Å². The van der Waals surface area contributed by atoms with E-state index in [9.17, 15) is 8.42 Å². The Morgan fingerprint density at radius 2 is 1.67 bits per heavy atom. The first kappa shape index (κ1) is 15.8. The molecule has 0 heterocycles. The molecule has 21 heavy (non-hydrogen) atoms. The topological polar surface area (TPSA) is 46.2 Å². The highest BCUT2D eigenvalue weighted by Crippen LogP contribution is 2.64. The van der Waals surface area contributed by atoms with Crippen LogP contribution in [-0.2, 0) is 10.0 Å². The molecular weight excluding hydrogens is 282 g/mol. The van der Waals surface area contributed by atoms with E-state index in [2.05, 4.69) is 25.5 Å². The molecule has 0 aromatic rings. The zero-order valence-electron chi connectivity index (χ0n) is 14.0. The summed E-state index contributed by atoms with van der Waals surface area (Å²) < 4.78 is 25.6. The minimum absolute atomic E-state index is 0.409. The summed E-state index contributed by atoms with van der Waals surface area (Å²) in [7, 11) is -3.05. The molecule has 1 N–H and O–H groups in total. The molecule has 122 valence electrons. The van der Waals surface area contributed by atoms with Gasteiger partial charge in [-0.2, -0.15) is 0 Å². The highest BCUT2D eigenvalue weighted by Gasteiger charge is 2.55. The first-order chi connectivity index (χ1) is 9.55. The molecule has 0 radical (unpaired) electrons. The lowest BCUT2D eigenvalue weighted by Gasteiger charge is -2.61. The SMILES string of the molecule is CC(C)(C)CC12CC3CC(C1)C(CNS(C)(=O)=O)C(C3)C2. The summed E-state index contributed by atoms with van der Waals surface area (Å²) in [5.74, 6) is 3.02. The maximum Gasteiger partial charge on any atom is 0.208 e. The van der Waals surface area contributed by atoms with E-state index in [4.69, 9.17) is 0 Å². The zero-order chi connectivity index (χ0) is 15.5. The van der Waals surface area contributed by atoms with Gasteiger partial charge >= 0.3 is 0 Å². The molecule has 0 saturated heterocycles. The molecule has 2 atom stereocenters. The van der Waals surface area contributed by atoms with E-state index >= 15 is 0 Å². The largest absolute Gasteiger partial charge is 0.215 e. The molecule has 4 fully saturated rings. The Balaban J connectivity index is 1.73. The Labute approximate surface area is 130 Å². The lowest BCUT2D eigenvalue weighted by atomic mass is 9.44. The summed E-state index contributed by atoms with van der Waals surface area (Å²) in [5.41, 5.74) is 0.975. The summed E-state index contributed by atoms with van der Waals surface area (Å²) in [6, 6.07) is 0. The van der Waals surface area contributed by atoms with E-state index in [1.807, 2.05) is 0 Å². The third-order valence-corrected chi connectivity index (χ3v) is 6.77. The number of hydrogen-bond acceptors (Lipinski definition) is 2. The van der Waals surface area contributed by atoms with Crippen LogP contribution in [0.15, 0.2) is 0 Å². The van der Waals surface area contributed by atoms with Gasteiger partial charge in [-0.3, -0.25) is 0 Å². The van der Waals surface area contributed by atoms with Gasteiger partial charge in [0.25, 0.3) is 0 Å². The number of nitrogens with one attached hydrogen (secondary N) is 1. The Bertz CT molecular complexity index is 489. The van der Waals surface area contributed by atoms with Crippen LogP contribution in [0.4, 0.5) is 0 Å². The second kappa shape index (κ2) is 4.95. The van der Waals surface area contributed by atoms with Crippen LogP contribution in [0.1, 0.15) is 59.3 Å². The van der Waals surface area contributed by atoms with Crippen molar-refractivity contribution in [2.45, 2.75) is 59.3 Å². The van der Waals surface area contributed by atoms with Crippen molar-refractivity contribution in [3.8, 4) is 0 Å². The van der Waals surface area contributed by atoms with Gasteiger partial charge in [-0.25, -0.2) is 13.1 Å². The molecule has 4 aliphatic carbocycles. The quantitative estimate of drug-likeness (QED) is 0.864. The van der Waals surface area contributed by atoms with Gasteiger partial charge in [-0.15, -0.1) is 0 Å². The maximum atomic E-state index is 11.4. The van der Waals surface area contributed by atoms with Crippen LogP contribution in [0.2, 0.25) is 0 Å². The van der Waals surface area contributed by atoms with Crippen LogP contribution in [0.3, 0.4) is 0 Å². The van der Waals surface area contributed by atoms with Gasteiger partial charge < -0.3 is 0 Å². The van der Waals surface area contributed by atoms with Crippen molar-refractivity contribution < 1.29 is 8.42 Å². The number of hydrogen-bond donors (Lipinski definition) is 1. The van der Waals surface area contributed by atoms with Gasteiger partial charge in [-0.1, -0.05) is 20.8 Å². The molecule has 4 heteroatoms. The van der Waals surface area contributed by atoms with E-state index in [0.717, 1.165) is 17.8 Å². The Morgan fingerprint density at radius 1 is 1.10 bits per heavy atom. The van der Waals surface area contributed by atoms with E-state index in [-0.39, 0.29) is 0 Å². The van der Waals surface area contributed by atoms with E-state index in [1.54, 1.807) is 0 Å². The van der Waals surface area contributed by atoms with Gasteiger partial charge in [0.15, 0.2) is 0 Å². The van der Waals surface area contributed by atoms with E-state index in [1.165, 1.54) is 44.8 Å². The normalized spacial score (nSPS) is 42.5. The minimum Gasteiger partial charge on any atom is -0.215 e. The summed E-state index contributed by atoms with van der Waals surface area (Å²) in [6.45, 7) is 7.78. The van der Waals surface area contributed by atoms with Crippen molar-refractivity contribution in [3.05, 3.63) is 0 Å². The van der Waals surface area contributed by atoms with Gasteiger partial charge in [0.05, 0.1) is 6.26 Å². The van der Waals surface area contributed by atoms with Crippen LogP contribution in [0.25, 0.3) is 0 Å². The molecule has 4 rings (SSSR count). The molecule has 0 aromatic carbocycles. The smallest absolute Gasteiger partial charge is 0.208 e. The second-order valence-corrected chi connectivity index (χ2v) is 11.3. The van der Waals surface area contributed by atoms with Gasteiger partial charge in [0, 0.05) is 6.54 Å². The van der Waals surface area contributed by atoms with Crippen molar-refractivity contribution >= 4 is 10.0 Å². The van der Waals surface area contributed by atoms with Crippen LogP contribution < -0.4 is 4.72 Å². The monoisotopic (exact) mass is 313 g/mol. The molecule has 0 spiro atoms. The average molecular weight is 314 g/mol. The summed E-state index contributed by atoms with van der Waals surface area (Å²) in [6.07, 6.45) is 9.43. The standard InChI is InChI=1S/C17H31NO2S/c1-16(2,3)11-17-7-12-5-13(8-17)15(14(6-12)9-17)10-18-21(4,19)20/h12-15,18H,5-11H2,1-4H3. The fraction of sp³-hybridized carbons (Fsp3) is 1.00. The van der Waals surface area contributed by atoms with Crippen LogP contribution in [-0.4, -0.2) is 21.2 Å². The van der Waals surface area contributed by atoms with Crippen molar-refractivity contribution in [3.63, 3.8) is 0 Å². The molecular formula is C17H31NO2S. The van der Waals surface area contributed by atoms with Gasteiger partial charge in [0.2, 0.25) is 10.0 Å². The van der Waals surface area contributed by atoms with Crippen molar-refractivity contribution in [1.29, 1.82) is 0 Å². The molecule has 4 saturated carbocycles. The Morgan fingerprint density at radius 3 is 2.14 bits per heavy atom. The molecule has 0 aliphatic heterocycles. The van der Waals surface area contributed by atoms with Crippen LogP contribution >= 0.6 is 0 Å². The fourth-order valence-corrected chi connectivity index (χ4v) is 6.72. The predicted molar refractivity (Wildman–Crippen MR) is 86.4 cm³/mol. The molecule has 4 bridgehead atoms. The minimum atomic E-state index is -3.05. The van der Waals surface area contributed by atoms with Crippen molar-refractivity contribution in [2.24, 2.45) is 34.5 Å². The average Bonchev–Trinajstić information content (AvgIpc) is 2.21.